The van der Waals surface area contributed by atoms with Crippen molar-refractivity contribution in [2.45, 2.75) is 51.6 Å². The first-order valence-electron chi connectivity index (χ1n) is 11.4. The maximum atomic E-state index is 12.8. The minimum Gasteiger partial charge on any atom is -0.466 e. The first kappa shape index (κ1) is 20.6. The van der Waals surface area contributed by atoms with Crippen molar-refractivity contribution in [3.8, 4) is 0 Å². The molecule has 0 radical (unpaired) electrons. The molecular formula is C24H29ClN4O2. The molecule has 2 heterocycles. The number of halogens is 1. The van der Waals surface area contributed by atoms with Crippen molar-refractivity contribution in [1.29, 1.82) is 0 Å². The lowest BCUT2D eigenvalue weighted by Crippen LogP contribution is -2.52. The molecule has 1 aromatic heterocycles. The van der Waals surface area contributed by atoms with Crippen molar-refractivity contribution in [2.24, 2.45) is 17.8 Å². The molecule has 3 fully saturated rings. The zero-order valence-corrected chi connectivity index (χ0v) is 18.6. The van der Waals surface area contributed by atoms with Crippen LogP contribution in [0.15, 0.2) is 30.3 Å². The van der Waals surface area contributed by atoms with Crippen LogP contribution in [0.3, 0.4) is 0 Å². The van der Waals surface area contributed by atoms with Gasteiger partial charge in [-0.3, -0.25) is 4.79 Å². The zero-order valence-electron chi connectivity index (χ0n) is 17.9. The first-order chi connectivity index (χ1) is 15.1. The van der Waals surface area contributed by atoms with Crippen molar-refractivity contribution >= 4 is 29.2 Å². The third kappa shape index (κ3) is 4.10. The molecule has 2 bridgehead atoms. The Morgan fingerprint density at radius 2 is 1.90 bits per heavy atom. The number of hydrogen-bond donors (Lipinski definition) is 1. The van der Waals surface area contributed by atoms with Crippen LogP contribution in [-0.2, 0) is 22.5 Å². The van der Waals surface area contributed by atoms with Crippen LogP contribution in [0.5, 0.6) is 0 Å². The summed E-state index contributed by atoms with van der Waals surface area (Å²) in [7, 11) is 0. The average molecular weight is 441 g/mol. The minimum atomic E-state index is -0.119. The highest BCUT2D eigenvalue weighted by molar-refractivity contribution is 6.28. The maximum absolute atomic E-state index is 12.8. The first-order valence-corrected chi connectivity index (χ1v) is 11.8. The highest BCUT2D eigenvalue weighted by Gasteiger charge is 2.48. The number of nitrogens with one attached hydrogen (secondary N) is 1. The molecule has 1 aromatic carbocycles. The van der Waals surface area contributed by atoms with E-state index in [2.05, 4.69) is 44.5 Å². The fourth-order valence-corrected chi connectivity index (χ4v) is 5.92. The lowest BCUT2D eigenvalue weighted by atomic mass is 9.61. The normalized spacial score (nSPS) is 27.0. The number of rotatable bonds is 5. The summed E-state index contributed by atoms with van der Waals surface area (Å²) in [5.41, 5.74) is 2.72. The average Bonchev–Trinajstić information content (AvgIpc) is 2.79. The second-order valence-electron chi connectivity index (χ2n) is 8.94. The number of fused-ring (bicyclic) bond motifs is 4. The number of esters is 1. The molecule has 0 unspecified atom stereocenters. The van der Waals surface area contributed by atoms with E-state index in [4.69, 9.17) is 16.3 Å². The second-order valence-corrected chi connectivity index (χ2v) is 9.28. The van der Waals surface area contributed by atoms with E-state index in [0.717, 1.165) is 51.0 Å². The van der Waals surface area contributed by atoms with Crippen LogP contribution in [0.4, 0.5) is 11.6 Å². The Labute approximate surface area is 188 Å². The van der Waals surface area contributed by atoms with E-state index in [-0.39, 0.29) is 23.2 Å². The molecule has 0 saturated heterocycles. The number of carbonyl (C=O) groups excluding carboxylic acids is 1. The Kier molecular flexibility index (Phi) is 5.74. The number of benzene rings is 1. The van der Waals surface area contributed by atoms with Crippen molar-refractivity contribution in [3.63, 3.8) is 0 Å². The number of nitrogens with zero attached hydrogens (tertiary/aromatic N) is 3. The van der Waals surface area contributed by atoms with Crippen molar-refractivity contribution in [1.82, 2.24) is 9.97 Å². The van der Waals surface area contributed by atoms with Gasteiger partial charge in [-0.15, -0.1) is 0 Å². The van der Waals surface area contributed by atoms with Gasteiger partial charge in [0.2, 0.25) is 5.28 Å². The van der Waals surface area contributed by atoms with E-state index in [1.165, 1.54) is 11.1 Å². The van der Waals surface area contributed by atoms with Gasteiger partial charge in [0, 0.05) is 25.2 Å². The van der Waals surface area contributed by atoms with Crippen molar-refractivity contribution < 1.29 is 9.53 Å². The van der Waals surface area contributed by atoms with Gasteiger partial charge in [-0.2, -0.15) is 0 Å². The number of carbonyl (C=O) groups is 1. The largest absolute Gasteiger partial charge is 0.466 e. The summed E-state index contributed by atoms with van der Waals surface area (Å²) in [6.07, 6.45) is 5.49. The van der Waals surface area contributed by atoms with E-state index in [9.17, 15) is 4.79 Å². The standard InChI is InChI=1S/C24H29ClN4O2/c1-2-31-23(30)21-16-7-9-17(10-8-16)22(21)26-19-13-20(28-24(25)27-19)29-12-11-15-5-3-4-6-18(15)14-29/h3-6,13,16-17,21-22H,2,7-12,14H2,1H3,(H,26,27,28)/t16?,17?,21-,22-/m0/s1. The Morgan fingerprint density at radius 1 is 1.16 bits per heavy atom. The Bertz CT molecular complexity index is 960. The van der Waals surface area contributed by atoms with Gasteiger partial charge in [0.15, 0.2) is 0 Å². The molecule has 2 atom stereocenters. The third-order valence-electron chi connectivity index (χ3n) is 7.23. The molecule has 164 valence electrons. The summed E-state index contributed by atoms with van der Waals surface area (Å²) in [5, 5.41) is 3.81. The summed E-state index contributed by atoms with van der Waals surface area (Å²) in [6, 6.07) is 10.6. The number of hydrogen-bond acceptors (Lipinski definition) is 6. The highest BCUT2D eigenvalue weighted by Crippen LogP contribution is 2.46. The predicted octanol–water partition coefficient (Wildman–Crippen LogP) is 4.47. The summed E-state index contributed by atoms with van der Waals surface area (Å²) in [4.78, 5) is 24.0. The SMILES string of the molecule is CCOC(=O)[C@H]1C2CCC(CC2)[C@@H]1Nc1cc(N2CCc3ccccc3C2)nc(Cl)n1. The Hall–Kier alpha value is -2.34. The van der Waals surface area contributed by atoms with E-state index >= 15 is 0 Å². The Morgan fingerprint density at radius 3 is 2.68 bits per heavy atom. The van der Waals surface area contributed by atoms with Gasteiger partial charge in [-0.1, -0.05) is 24.3 Å². The molecule has 1 N–H and O–H groups in total. The highest BCUT2D eigenvalue weighted by atomic mass is 35.5. The van der Waals surface area contributed by atoms with E-state index in [1.54, 1.807) is 0 Å². The predicted molar refractivity (Wildman–Crippen MR) is 121 cm³/mol. The zero-order chi connectivity index (χ0) is 21.4. The quantitative estimate of drug-likeness (QED) is 0.546. The van der Waals surface area contributed by atoms with Crippen LogP contribution in [-0.4, -0.2) is 35.1 Å². The smallest absolute Gasteiger partial charge is 0.311 e. The Balaban J connectivity index is 1.38. The molecule has 6 nitrogen and oxygen atoms in total. The van der Waals surface area contributed by atoms with Crippen LogP contribution in [0.1, 0.15) is 43.7 Å². The van der Waals surface area contributed by atoms with Crippen LogP contribution in [0, 0.1) is 17.8 Å². The van der Waals surface area contributed by atoms with Gasteiger partial charge in [0.05, 0.1) is 12.5 Å². The third-order valence-corrected chi connectivity index (χ3v) is 7.40. The van der Waals surface area contributed by atoms with E-state index < -0.39 is 0 Å². The monoisotopic (exact) mass is 440 g/mol. The number of anilines is 2. The van der Waals surface area contributed by atoms with Gasteiger partial charge in [-0.05, 0) is 73.6 Å². The lowest BCUT2D eigenvalue weighted by Gasteiger charge is -2.47. The summed E-state index contributed by atoms with van der Waals surface area (Å²) >= 11 is 6.33. The van der Waals surface area contributed by atoms with Gasteiger partial charge >= 0.3 is 5.97 Å². The van der Waals surface area contributed by atoms with Gasteiger partial charge < -0.3 is 15.0 Å². The minimum absolute atomic E-state index is 0.0347. The molecule has 4 aliphatic rings. The molecule has 0 spiro atoms. The van der Waals surface area contributed by atoms with Crippen LogP contribution in [0.2, 0.25) is 5.28 Å². The molecule has 3 saturated carbocycles. The summed E-state index contributed by atoms with van der Waals surface area (Å²) < 4.78 is 5.43. The molecule has 2 aromatic rings. The van der Waals surface area contributed by atoms with Crippen LogP contribution < -0.4 is 10.2 Å². The molecule has 1 aliphatic heterocycles. The van der Waals surface area contributed by atoms with Crippen molar-refractivity contribution in [2.75, 3.05) is 23.4 Å². The topological polar surface area (TPSA) is 67.3 Å². The van der Waals surface area contributed by atoms with Gasteiger partial charge in [0.1, 0.15) is 11.6 Å². The fourth-order valence-electron chi connectivity index (χ4n) is 5.74. The summed E-state index contributed by atoms with van der Waals surface area (Å²) in [5.74, 6) is 2.16. The van der Waals surface area contributed by atoms with Crippen LogP contribution in [0.25, 0.3) is 0 Å². The molecule has 7 heteroatoms. The molecular weight excluding hydrogens is 412 g/mol. The molecule has 31 heavy (non-hydrogen) atoms. The van der Waals surface area contributed by atoms with Gasteiger partial charge in [-0.25, -0.2) is 9.97 Å². The molecule has 0 amide bonds. The maximum Gasteiger partial charge on any atom is 0.311 e. The lowest BCUT2D eigenvalue weighted by molar-refractivity contribution is -0.154. The fraction of sp³-hybridized carbons (Fsp3) is 0.542. The van der Waals surface area contributed by atoms with Gasteiger partial charge in [0.25, 0.3) is 0 Å². The van der Waals surface area contributed by atoms with E-state index in [1.807, 2.05) is 13.0 Å². The molecule has 6 rings (SSSR count). The molecule has 3 aliphatic carbocycles. The van der Waals surface area contributed by atoms with Crippen LogP contribution >= 0.6 is 11.6 Å². The van der Waals surface area contributed by atoms with E-state index in [0.29, 0.717) is 24.3 Å². The van der Waals surface area contributed by atoms with Crippen molar-refractivity contribution in [3.05, 3.63) is 46.7 Å². The number of ether oxygens (including phenoxy) is 1. The second kappa shape index (κ2) is 8.65. The summed E-state index contributed by atoms with van der Waals surface area (Å²) in [6.45, 7) is 3.99. The number of aromatic nitrogens is 2.